The Hall–Kier alpha value is -5.65. The first-order valence-electron chi connectivity index (χ1n) is 18.3. The third kappa shape index (κ3) is 13.4. The summed E-state index contributed by atoms with van der Waals surface area (Å²) in [6.07, 6.45) is 0. The minimum atomic E-state index is -1.69. The van der Waals surface area contributed by atoms with E-state index in [1.807, 2.05) is 0 Å². The van der Waals surface area contributed by atoms with Crippen molar-refractivity contribution >= 4 is 151 Å². The molecule has 4 amide bonds. The molecule has 0 aliphatic heterocycles. The minimum Gasteiger partial charge on any atom is -0.490 e. The van der Waals surface area contributed by atoms with Crippen molar-refractivity contribution in [2.24, 2.45) is 20.5 Å². The summed E-state index contributed by atoms with van der Waals surface area (Å²) in [5.41, 5.74) is 0.739. The molecule has 0 bridgehead atoms. The molecule has 5 rings (SSSR count). The lowest BCUT2D eigenvalue weighted by Gasteiger charge is -2.16. The maximum Gasteiger partial charge on any atom is 0.258 e. The fourth-order valence-electron chi connectivity index (χ4n) is 5.45. The highest BCUT2D eigenvalue weighted by Crippen LogP contribution is 2.34. The summed E-state index contributed by atoms with van der Waals surface area (Å²) >= 11 is 43.0. The number of nitrogens with zero attached hydrogens (tertiary/aromatic N) is 4. The Bertz CT molecular complexity index is 2680. The van der Waals surface area contributed by atoms with Crippen LogP contribution in [-0.4, -0.2) is 59.8 Å². The van der Waals surface area contributed by atoms with Crippen molar-refractivity contribution < 1.29 is 33.5 Å². The number of alkyl halides is 1. The summed E-state index contributed by atoms with van der Waals surface area (Å²) in [7, 11) is 0. The number of halogens is 7. The van der Waals surface area contributed by atoms with E-state index in [1.54, 1.807) is 0 Å². The van der Waals surface area contributed by atoms with Crippen LogP contribution < -0.4 is 26.0 Å². The molecule has 22 heteroatoms. The van der Waals surface area contributed by atoms with Gasteiger partial charge in [0.2, 0.25) is 12.1 Å². The van der Waals surface area contributed by atoms with Gasteiger partial charge >= 0.3 is 0 Å². The number of nitrogens with one attached hydrogen (secondary N) is 4. The van der Waals surface area contributed by atoms with E-state index in [-0.39, 0.29) is 62.2 Å². The second-order valence-electron chi connectivity index (χ2n) is 13.2. The van der Waals surface area contributed by atoms with Gasteiger partial charge in [0.1, 0.15) is 23.7 Å². The van der Waals surface area contributed by atoms with Crippen LogP contribution in [-0.2, 0) is 19.2 Å². The molecule has 0 aliphatic carbocycles. The Labute approximate surface area is 399 Å². The van der Waals surface area contributed by atoms with Crippen molar-refractivity contribution in [2.45, 2.75) is 25.9 Å². The van der Waals surface area contributed by atoms with E-state index in [2.05, 4.69) is 41.7 Å². The zero-order chi connectivity index (χ0) is 46.7. The van der Waals surface area contributed by atoms with Crippen molar-refractivity contribution in [3.05, 3.63) is 132 Å². The van der Waals surface area contributed by atoms with E-state index in [0.717, 1.165) is 13.8 Å². The normalized spacial score (nSPS) is 12.1. The zero-order valence-corrected chi connectivity index (χ0v) is 38.3. The number of ether oxygens (including phenoxy) is 1. The highest BCUT2D eigenvalue weighted by Gasteiger charge is 2.27. The molecule has 0 aromatic heterocycles. The van der Waals surface area contributed by atoms with E-state index in [4.69, 9.17) is 85.9 Å². The Kier molecular flexibility index (Phi) is 17.6. The number of hydrogen-bond donors (Lipinski definition) is 4. The summed E-state index contributed by atoms with van der Waals surface area (Å²) in [5.74, 6) is -4.39. The van der Waals surface area contributed by atoms with Crippen molar-refractivity contribution in [3.63, 3.8) is 0 Å². The van der Waals surface area contributed by atoms with Gasteiger partial charge in [0.15, 0.2) is 11.6 Å². The molecular formula is C42H31Cl7N8O7. The maximum atomic E-state index is 13.5. The predicted octanol–water partition coefficient (Wildman–Crippen LogP) is 12.1. The quantitative estimate of drug-likeness (QED) is 0.0402. The molecule has 2 unspecified atom stereocenters. The highest BCUT2D eigenvalue weighted by molar-refractivity contribution is 6.38. The monoisotopic (exact) mass is 1000 g/mol. The number of rotatable bonds is 17. The number of carbonyl (C=O) groups excluding carboxylic acids is 6. The number of hydrogen-bond acceptors (Lipinski definition) is 11. The number of ketones is 2. The predicted molar refractivity (Wildman–Crippen MR) is 250 cm³/mol. The standard InChI is InChI=1S/C42H31Cl7N8O7/c1-20(58)37(56-54-32-7-3-5-29(35(32)48)39(60)51-27-15-22(44)13-23(45)16-27)41(62)50-26-9-10-31(34(19-26)64-12-11-43)53-42(63)38(21(2)59)57-55-33-8-4-6-30(36(33)49)40(61)52-28-17-24(46)14-25(47)18-28/h3-10,13-19,37-38H,11-12H2,1-2H3,(H,50,62)(H,51,60)(H,52,61)(H,53,63). The van der Waals surface area contributed by atoms with Gasteiger partial charge in [-0.1, -0.05) is 81.7 Å². The summed E-state index contributed by atoms with van der Waals surface area (Å²) in [5, 5.41) is 27.2. The smallest absolute Gasteiger partial charge is 0.258 e. The Morgan fingerprint density at radius 3 is 1.41 bits per heavy atom. The van der Waals surface area contributed by atoms with Crippen LogP contribution in [0.1, 0.15) is 34.6 Å². The lowest BCUT2D eigenvalue weighted by atomic mass is 10.1. The van der Waals surface area contributed by atoms with Crippen molar-refractivity contribution in [2.75, 3.05) is 33.8 Å². The molecule has 2 atom stereocenters. The minimum absolute atomic E-state index is 0.00197. The highest BCUT2D eigenvalue weighted by atomic mass is 35.5. The Balaban J connectivity index is 1.30. The molecule has 0 fully saturated rings. The second-order valence-corrected chi connectivity index (χ2v) is 16.1. The van der Waals surface area contributed by atoms with Gasteiger partial charge in [0.25, 0.3) is 23.6 Å². The average Bonchev–Trinajstić information content (AvgIpc) is 3.21. The summed E-state index contributed by atoms with van der Waals surface area (Å²) in [4.78, 5) is 78.2. The van der Waals surface area contributed by atoms with E-state index in [0.29, 0.717) is 31.5 Å². The van der Waals surface area contributed by atoms with Gasteiger partial charge in [0, 0.05) is 43.2 Å². The van der Waals surface area contributed by atoms with Crippen LogP contribution in [0.15, 0.2) is 111 Å². The second kappa shape index (κ2) is 22.8. The molecule has 0 saturated carbocycles. The van der Waals surface area contributed by atoms with Crippen LogP contribution in [0.3, 0.4) is 0 Å². The molecule has 0 spiro atoms. The van der Waals surface area contributed by atoms with Crippen LogP contribution in [0.5, 0.6) is 5.75 Å². The fourth-order valence-corrected chi connectivity index (χ4v) is 7.08. The zero-order valence-electron chi connectivity index (χ0n) is 33.0. The summed E-state index contributed by atoms with van der Waals surface area (Å²) in [6, 6.07) is 18.3. The molecule has 330 valence electrons. The van der Waals surface area contributed by atoms with Gasteiger partial charge in [-0.3, -0.25) is 28.8 Å². The SMILES string of the molecule is CC(=O)C(N=Nc1cccc(C(=O)Nc2cc(Cl)cc(Cl)c2)c1Cl)C(=O)Nc1ccc(NC(=O)C(N=Nc2cccc(C(=O)Nc3cc(Cl)cc(Cl)c3)c2Cl)C(C)=O)c(OCCCl)c1. The van der Waals surface area contributed by atoms with Gasteiger partial charge < -0.3 is 26.0 Å². The lowest BCUT2D eigenvalue weighted by Crippen LogP contribution is -2.32. The van der Waals surface area contributed by atoms with Crippen LogP contribution in [0.4, 0.5) is 34.1 Å². The number of azo groups is 2. The van der Waals surface area contributed by atoms with Crippen LogP contribution in [0.25, 0.3) is 0 Å². The first kappa shape index (κ1) is 49.4. The Morgan fingerprint density at radius 1 is 0.547 bits per heavy atom. The van der Waals surface area contributed by atoms with Crippen molar-refractivity contribution in [1.82, 2.24) is 0 Å². The largest absolute Gasteiger partial charge is 0.490 e. The summed E-state index contributed by atoms with van der Waals surface area (Å²) in [6.45, 7) is 2.21. The first-order valence-corrected chi connectivity index (χ1v) is 21.1. The fraction of sp³-hybridized carbons (Fsp3) is 0.143. The van der Waals surface area contributed by atoms with Crippen LogP contribution >= 0.6 is 81.2 Å². The average molecular weight is 1010 g/mol. The molecule has 64 heavy (non-hydrogen) atoms. The molecule has 4 N–H and O–H groups in total. The van der Waals surface area contributed by atoms with Gasteiger partial charge in [0.05, 0.1) is 32.7 Å². The molecule has 0 aliphatic rings. The number of anilines is 4. The van der Waals surface area contributed by atoms with Crippen molar-refractivity contribution in [3.8, 4) is 5.75 Å². The van der Waals surface area contributed by atoms with Gasteiger partial charge in [-0.15, -0.1) is 11.6 Å². The number of Topliss-reactive ketones (excluding diaryl/α,β-unsaturated/α-hetero) is 2. The summed E-state index contributed by atoms with van der Waals surface area (Å²) < 4.78 is 5.72. The van der Waals surface area contributed by atoms with E-state index < -0.39 is 47.3 Å². The topological polar surface area (TPSA) is 209 Å². The van der Waals surface area contributed by atoms with E-state index in [1.165, 1.54) is 91.0 Å². The molecule has 5 aromatic rings. The molecule has 15 nitrogen and oxygen atoms in total. The molecule has 5 aromatic carbocycles. The maximum absolute atomic E-state index is 13.5. The van der Waals surface area contributed by atoms with E-state index >= 15 is 0 Å². The number of benzene rings is 5. The van der Waals surface area contributed by atoms with Gasteiger partial charge in [-0.2, -0.15) is 20.5 Å². The third-order valence-corrected chi connectivity index (χ3v) is 10.2. The molecular weight excluding hydrogens is 977 g/mol. The third-order valence-electron chi connectivity index (χ3n) is 8.36. The lowest BCUT2D eigenvalue weighted by molar-refractivity contribution is -0.127. The van der Waals surface area contributed by atoms with E-state index in [9.17, 15) is 28.8 Å². The number of amides is 4. The molecule has 0 saturated heterocycles. The van der Waals surface area contributed by atoms with Gasteiger partial charge in [-0.05, 0) is 86.6 Å². The van der Waals surface area contributed by atoms with Crippen LogP contribution in [0, 0.1) is 0 Å². The Morgan fingerprint density at radius 2 is 0.984 bits per heavy atom. The number of carbonyl (C=O) groups is 6. The first-order chi connectivity index (χ1) is 30.4. The molecule has 0 heterocycles. The van der Waals surface area contributed by atoms with Crippen LogP contribution in [0.2, 0.25) is 30.1 Å². The molecule has 0 radical (unpaired) electrons. The van der Waals surface area contributed by atoms with Crippen molar-refractivity contribution in [1.29, 1.82) is 0 Å². The van der Waals surface area contributed by atoms with Gasteiger partial charge in [-0.25, -0.2) is 0 Å².